The maximum absolute atomic E-state index is 12.8. The van der Waals surface area contributed by atoms with Gasteiger partial charge in [-0.1, -0.05) is 27.7 Å². The smallest absolute Gasteiger partial charge is 0.326 e. The van der Waals surface area contributed by atoms with Crippen molar-refractivity contribution in [1.29, 1.82) is 0 Å². The first-order valence-corrected chi connectivity index (χ1v) is 10.5. The monoisotopic (exact) mass is 474 g/mol. The number of carbonyl (C=O) groups is 6. The van der Waals surface area contributed by atoms with Crippen LogP contribution in [0.1, 0.15) is 53.4 Å². The number of aliphatic carboxylic acids is 3. The van der Waals surface area contributed by atoms with E-state index in [0.717, 1.165) is 0 Å². The Bertz CT molecular complexity index is 739. The highest BCUT2D eigenvalue weighted by Crippen LogP contribution is 2.08. The summed E-state index contributed by atoms with van der Waals surface area (Å²) < 4.78 is 0. The fraction of sp³-hybridized carbons (Fsp3) is 0.700. The van der Waals surface area contributed by atoms with E-state index in [4.69, 9.17) is 21.1 Å². The van der Waals surface area contributed by atoms with Gasteiger partial charge in [0.25, 0.3) is 0 Å². The zero-order valence-electron chi connectivity index (χ0n) is 19.2. The fourth-order valence-corrected chi connectivity index (χ4v) is 2.86. The van der Waals surface area contributed by atoms with Gasteiger partial charge in [-0.05, 0) is 24.7 Å². The topological polar surface area (TPSA) is 225 Å². The second-order valence-electron chi connectivity index (χ2n) is 8.46. The molecule has 0 saturated carbocycles. The van der Waals surface area contributed by atoms with Gasteiger partial charge in [0.05, 0.1) is 12.5 Å². The maximum atomic E-state index is 12.8. The number of amides is 3. The van der Waals surface area contributed by atoms with Gasteiger partial charge in [0.1, 0.15) is 18.1 Å². The molecule has 0 radical (unpaired) electrons. The van der Waals surface area contributed by atoms with Crippen molar-refractivity contribution in [3.05, 3.63) is 0 Å². The third-order valence-electron chi connectivity index (χ3n) is 4.58. The standard InChI is InChI=1S/C20H34N4O9/c1-9(2)7-11(21)17(29)24-16(10(3)4)19(31)22-12(5-6-14(25)26)18(30)23-13(20(32)33)8-15(27)28/h9-13,16H,5-8,21H2,1-4H3,(H,22,31)(H,23,30)(H,24,29)(H,25,26)(H,27,28)(H,32,33). The average molecular weight is 475 g/mol. The van der Waals surface area contributed by atoms with Crippen LogP contribution in [0.25, 0.3) is 0 Å². The van der Waals surface area contributed by atoms with Crippen molar-refractivity contribution in [1.82, 2.24) is 16.0 Å². The van der Waals surface area contributed by atoms with Crippen LogP contribution in [0.3, 0.4) is 0 Å². The van der Waals surface area contributed by atoms with E-state index >= 15 is 0 Å². The number of hydrogen-bond donors (Lipinski definition) is 7. The molecule has 0 aliphatic carbocycles. The van der Waals surface area contributed by atoms with Crippen molar-refractivity contribution < 1.29 is 44.1 Å². The molecule has 8 N–H and O–H groups in total. The number of carbonyl (C=O) groups excluding carboxylic acids is 3. The zero-order valence-corrected chi connectivity index (χ0v) is 19.2. The van der Waals surface area contributed by atoms with Crippen LogP contribution in [0.5, 0.6) is 0 Å². The Morgan fingerprint density at radius 1 is 0.758 bits per heavy atom. The van der Waals surface area contributed by atoms with Crippen molar-refractivity contribution in [3.8, 4) is 0 Å². The van der Waals surface area contributed by atoms with Gasteiger partial charge < -0.3 is 37.0 Å². The van der Waals surface area contributed by atoms with Crippen LogP contribution >= 0.6 is 0 Å². The molecule has 0 rings (SSSR count). The predicted molar refractivity (Wildman–Crippen MR) is 115 cm³/mol. The van der Waals surface area contributed by atoms with Crippen LogP contribution in [-0.2, 0) is 28.8 Å². The van der Waals surface area contributed by atoms with E-state index in [0.29, 0.717) is 6.42 Å². The largest absolute Gasteiger partial charge is 0.481 e. The first kappa shape index (κ1) is 29.8. The molecule has 4 atom stereocenters. The molecule has 0 spiro atoms. The predicted octanol–water partition coefficient (Wildman–Crippen LogP) is -1.11. The summed E-state index contributed by atoms with van der Waals surface area (Å²) in [4.78, 5) is 70.7. The third-order valence-corrected chi connectivity index (χ3v) is 4.58. The number of nitrogens with one attached hydrogen (secondary N) is 3. The Labute approximate surface area is 191 Å². The lowest BCUT2D eigenvalue weighted by Crippen LogP contribution is -2.58. The summed E-state index contributed by atoms with van der Waals surface area (Å²) in [7, 11) is 0. The fourth-order valence-electron chi connectivity index (χ4n) is 2.86. The molecule has 33 heavy (non-hydrogen) atoms. The molecule has 0 aromatic carbocycles. The van der Waals surface area contributed by atoms with Gasteiger partial charge in [-0.25, -0.2) is 4.79 Å². The van der Waals surface area contributed by atoms with E-state index in [1.54, 1.807) is 13.8 Å². The highest BCUT2D eigenvalue weighted by molar-refractivity contribution is 5.94. The molecule has 3 amide bonds. The summed E-state index contributed by atoms with van der Waals surface area (Å²) in [6.07, 6.45) is -1.47. The normalized spacial score (nSPS) is 14.6. The number of hydrogen-bond acceptors (Lipinski definition) is 7. The van der Waals surface area contributed by atoms with Crippen LogP contribution in [0.4, 0.5) is 0 Å². The summed E-state index contributed by atoms with van der Waals surface area (Å²) in [5, 5.41) is 33.7. The van der Waals surface area contributed by atoms with Crippen LogP contribution in [0.15, 0.2) is 0 Å². The third kappa shape index (κ3) is 11.8. The molecule has 0 aromatic rings. The average Bonchev–Trinajstić information content (AvgIpc) is 2.66. The number of carboxylic acids is 3. The first-order chi connectivity index (χ1) is 15.1. The Hall–Kier alpha value is -3.22. The minimum absolute atomic E-state index is 0.133. The van der Waals surface area contributed by atoms with Crippen molar-refractivity contribution >= 4 is 35.6 Å². The first-order valence-electron chi connectivity index (χ1n) is 10.5. The summed E-state index contributed by atoms with van der Waals surface area (Å²) in [6, 6.07) is -5.23. The van der Waals surface area contributed by atoms with Crippen molar-refractivity contribution in [3.63, 3.8) is 0 Å². The highest BCUT2D eigenvalue weighted by atomic mass is 16.4. The van der Waals surface area contributed by atoms with E-state index in [-0.39, 0.29) is 5.92 Å². The molecule has 4 unspecified atom stereocenters. The van der Waals surface area contributed by atoms with Crippen molar-refractivity contribution in [2.75, 3.05) is 0 Å². The van der Waals surface area contributed by atoms with Gasteiger partial charge >= 0.3 is 17.9 Å². The minimum atomic E-state index is -1.78. The zero-order chi connectivity index (χ0) is 25.9. The van der Waals surface area contributed by atoms with E-state index in [2.05, 4.69) is 10.6 Å². The Balaban J connectivity index is 5.52. The Morgan fingerprint density at radius 3 is 1.73 bits per heavy atom. The molecule has 13 heteroatoms. The molecule has 0 aromatic heterocycles. The molecule has 188 valence electrons. The van der Waals surface area contributed by atoms with Gasteiger partial charge in [0, 0.05) is 6.42 Å². The highest BCUT2D eigenvalue weighted by Gasteiger charge is 2.32. The number of rotatable bonds is 15. The molecule has 0 fully saturated rings. The molecule has 0 aliphatic heterocycles. The number of carboxylic acid groups (broad SMARTS) is 3. The van der Waals surface area contributed by atoms with Gasteiger partial charge in [-0.15, -0.1) is 0 Å². The Morgan fingerprint density at radius 2 is 1.30 bits per heavy atom. The van der Waals surface area contributed by atoms with Gasteiger partial charge in [-0.3, -0.25) is 24.0 Å². The van der Waals surface area contributed by atoms with Crippen LogP contribution < -0.4 is 21.7 Å². The van der Waals surface area contributed by atoms with E-state index in [9.17, 15) is 28.8 Å². The molecule has 13 nitrogen and oxygen atoms in total. The molecular formula is C20H34N4O9. The van der Waals surface area contributed by atoms with E-state index in [1.165, 1.54) is 0 Å². The quantitative estimate of drug-likeness (QED) is 0.151. The summed E-state index contributed by atoms with van der Waals surface area (Å²) in [5.41, 5.74) is 5.84. The lowest BCUT2D eigenvalue weighted by atomic mass is 9.99. The molecule has 0 bridgehead atoms. The van der Waals surface area contributed by atoms with Crippen LogP contribution in [0.2, 0.25) is 0 Å². The Kier molecular flexibility index (Phi) is 12.7. The molecule has 0 heterocycles. The van der Waals surface area contributed by atoms with E-state index < -0.39 is 85.0 Å². The minimum Gasteiger partial charge on any atom is -0.481 e. The van der Waals surface area contributed by atoms with Crippen molar-refractivity contribution in [2.24, 2.45) is 17.6 Å². The van der Waals surface area contributed by atoms with Crippen molar-refractivity contribution in [2.45, 2.75) is 77.5 Å². The van der Waals surface area contributed by atoms with E-state index in [1.807, 2.05) is 19.2 Å². The molecular weight excluding hydrogens is 440 g/mol. The second-order valence-corrected chi connectivity index (χ2v) is 8.46. The summed E-state index contributed by atoms with van der Waals surface area (Å²) in [6.45, 7) is 7.02. The van der Waals surface area contributed by atoms with Gasteiger partial charge in [0.15, 0.2) is 0 Å². The maximum Gasteiger partial charge on any atom is 0.326 e. The second kappa shape index (κ2) is 14.0. The van der Waals surface area contributed by atoms with Crippen LogP contribution in [0, 0.1) is 11.8 Å². The van der Waals surface area contributed by atoms with Gasteiger partial charge in [-0.2, -0.15) is 0 Å². The lowest BCUT2D eigenvalue weighted by molar-refractivity contribution is -0.147. The summed E-state index contributed by atoms with van der Waals surface area (Å²) >= 11 is 0. The molecule has 0 saturated heterocycles. The lowest BCUT2D eigenvalue weighted by Gasteiger charge is -2.27. The SMILES string of the molecule is CC(C)CC(N)C(=O)NC(C(=O)NC(CCC(=O)O)C(=O)NC(CC(=O)O)C(=O)O)C(C)C. The summed E-state index contributed by atoms with van der Waals surface area (Å²) in [5.74, 6) is -7.09. The van der Waals surface area contributed by atoms with Crippen LogP contribution in [-0.4, -0.2) is 75.1 Å². The number of nitrogens with two attached hydrogens (primary N) is 1. The molecule has 0 aliphatic rings. The van der Waals surface area contributed by atoms with Gasteiger partial charge in [0.2, 0.25) is 17.7 Å².